The van der Waals surface area contributed by atoms with E-state index in [1.54, 1.807) is 6.92 Å². The van der Waals surface area contributed by atoms with Crippen LogP contribution in [0.25, 0.3) is 0 Å². The fraction of sp³-hybridized carbons (Fsp3) is 0.462. The van der Waals surface area contributed by atoms with E-state index in [1.165, 1.54) is 0 Å². The first kappa shape index (κ1) is 12.6. The molecule has 0 spiro atoms. The molecule has 0 aliphatic heterocycles. The first-order chi connectivity index (χ1) is 7.69. The number of rotatable bonds is 5. The van der Waals surface area contributed by atoms with Gasteiger partial charge >= 0.3 is 0 Å². The lowest BCUT2D eigenvalue weighted by Crippen LogP contribution is -2.03. The topological polar surface area (TPSA) is 41.8 Å². The maximum absolute atomic E-state index is 8.81. The van der Waals surface area contributed by atoms with Crippen molar-refractivity contribution >= 4 is 5.71 Å². The Hall–Kier alpha value is -1.51. The van der Waals surface area contributed by atoms with E-state index >= 15 is 0 Å². The van der Waals surface area contributed by atoms with Crippen LogP contribution in [0.3, 0.4) is 0 Å². The molecule has 1 aromatic rings. The van der Waals surface area contributed by atoms with E-state index in [1.807, 2.05) is 25.1 Å². The Labute approximate surface area is 96.7 Å². The summed E-state index contributed by atoms with van der Waals surface area (Å²) in [6, 6.07) is 5.89. The highest BCUT2D eigenvalue weighted by Gasteiger charge is 2.07. The average Bonchev–Trinajstić information content (AvgIpc) is 2.30. The second-order valence-electron chi connectivity index (χ2n) is 3.89. The Kier molecular flexibility index (Phi) is 4.83. The monoisotopic (exact) mass is 221 g/mol. The van der Waals surface area contributed by atoms with Gasteiger partial charge in [-0.05, 0) is 32.4 Å². The molecule has 0 saturated carbocycles. The van der Waals surface area contributed by atoms with Crippen LogP contribution in [0.15, 0.2) is 23.4 Å². The molecule has 1 aromatic carbocycles. The van der Waals surface area contributed by atoms with Crippen molar-refractivity contribution in [1.82, 2.24) is 0 Å². The second-order valence-corrected chi connectivity index (χ2v) is 3.89. The molecule has 1 rings (SSSR count). The van der Waals surface area contributed by atoms with Crippen molar-refractivity contribution in [2.75, 3.05) is 6.61 Å². The number of nitrogens with zero attached hydrogens (tertiary/aromatic N) is 1. The minimum Gasteiger partial charge on any atom is -0.493 e. The molecule has 16 heavy (non-hydrogen) atoms. The molecule has 0 fully saturated rings. The zero-order valence-corrected chi connectivity index (χ0v) is 10.2. The van der Waals surface area contributed by atoms with E-state index in [2.05, 4.69) is 12.1 Å². The molecule has 0 aromatic heterocycles. The molecule has 0 unspecified atom stereocenters. The number of oxime groups is 1. The summed E-state index contributed by atoms with van der Waals surface area (Å²) in [5, 5.41) is 12.0. The van der Waals surface area contributed by atoms with E-state index < -0.39 is 0 Å². The summed E-state index contributed by atoms with van der Waals surface area (Å²) in [5.41, 5.74) is 2.56. The fourth-order valence-electron chi connectivity index (χ4n) is 1.43. The molecular formula is C13H19NO2. The Morgan fingerprint density at radius 1 is 1.44 bits per heavy atom. The predicted octanol–water partition coefficient (Wildman–Crippen LogP) is 3.37. The summed E-state index contributed by atoms with van der Waals surface area (Å²) >= 11 is 0. The molecule has 0 heterocycles. The Morgan fingerprint density at radius 2 is 2.19 bits per heavy atom. The van der Waals surface area contributed by atoms with E-state index in [4.69, 9.17) is 9.94 Å². The smallest absolute Gasteiger partial charge is 0.128 e. The van der Waals surface area contributed by atoms with Crippen molar-refractivity contribution in [2.45, 2.75) is 33.6 Å². The number of benzene rings is 1. The van der Waals surface area contributed by atoms with Gasteiger partial charge in [0.2, 0.25) is 0 Å². The molecule has 0 bridgehead atoms. The average molecular weight is 221 g/mol. The lowest BCUT2D eigenvalue weighted by molar-refractivity contribution is 0.306. The van der Waals surface area contributed by atoms with E-state index in [0.29, 0.717) is 12.3 Å². The molecule has 0 aliphatic rings. The highest BCUT2D eigenvalue weighted by molar-refractivity contribution is 6.00. The van der Waals surface area contributed by atoms with Gasteiger partial charge < -0.3 is 9.94 Å². The number of aryl methyl sites for hydroxylation is 1. The van der Waals surface area contributed by atoms with Gasteiger partial charge in [0, 0.05) is 5.56 Å². The Balaban J connectivity index is 2.89. The largest absolute Gasteiger partial charge is 0.493 e. The molecule has 3 nitrogen and oxygen atoms in total. The summed E-state index contributed by atoms with van der Waals surface area (Å²) in [7, 11) is 0. The molecule has 88 valence electrons. The molecule has 3 heteroatoms. The summed E-state index contributed by atoms with van der Waals surface area (Å²) in [5.74, 6) is 0.786. The normalized spacial score (nSPS) is 11.6. The van der Waals surface area contributed by atoms with Crippen molar-refractivity contribution in [3.8, 4) is 5.75 Å². The lowest BCUT2D eigenvalue weighted by Gasteiger charge is -2.11. The molecule has 0 amide bonds. The van der Waals surface area contributed by atoms with Gasteiger partial charge in [0.05, 0.1) is 12.3 Å². The zero-order valence-electron chi connectivity index (χ0n) is 10.2. The highest BCUT2D eigenvalue weighted by Crippen LogP contribution is 2.21. The molecule has 0 aliphatic carbocycles. The van der Waals surface area contributed by atoms with Crippen LogP contribution in [-0.2, 0) is 0 Å². The maximum Gasteiger partial charge on any atom is 0.128 e. The quantitative estimate of drug-likeness (QED) is 0.358. The Morgan fingerprint density at radius 3 is 2.81 bits per heavy atom. The number of hydrogen-bond donors (Lipinski definition) is 1. The van der Waals surface area contributed by atoms with Crippen LogP contribution < -0.4 is 4.74 Å². The summed E-state index contributed by atoms with van der Waals surface area (Å²) in [6.07, 6.45) is 2.14. The first-order valence-corrected chi connectivity index (χ1v) is 5.61. The standard InChI is InChI=1S/C13H19NO2/c1-4-5-8-16-13-7-6-10(2)9-12(13)11(3)14-15/h6-7,9,15H,4-5,8H2,1-3H3/b14-11+. The van der Waals surface area contributed by atoms with Gasteiger partial charge in [-0.1, -0.05) is 30.1 Å². The van der Waals surface area contributed by atoms with E-state index in [0.717, 1.165) is 29.7 Å². The van der Waals surface area contributed by atoms with Crippen molar-refractivity contribution in [3.63, 3.8) is 0 Å². The van der Waals surface area contributed by atoms with Crippen molar-refractivity contribution in [1.29, 1.82) is 0 Å². The third-order valence-corrected chi connectivity index (χ3v) is 2.43. The third-order valence-electron chi connectivity index (χ3n) is 2.43. The predicted molar refractivity (Wildman–Crippen MR) is 65.6 cm³/mol. The number of ether oxygens (including phenoxy) is 1. The minimum atomic E-state index is 0.579. The second kappa shape index (κ2) is 6.16. The van der Waals surface area contributed by atoms with Gasteiger partial charge in [-0.25, -0.2) is 0 Å². The van der Waals surface area contributed by atoms with Gasteiger partial charge in [0.1, 0.15) is 5.75 Å². The first-order valence-electron chi connectivity index (χ1n) is 5.61. The summed E-state index contributed by atoms with van der Waals surface area (Å²) in [6.45, 7) is 6.59. The van der Waals surface area contributed by atoms with Crippen LogP contribution in [0.5, 0.6) is 5.75 Å². The number of hydrogen-bond acceptors (Lipinski definition) is 3. The molecule has 0 radical (unpaired) electrons. The van der Waals surface area contributed by atoms with E-state index in [9.17, 15) is 0 Å². The van der Waals surface area contributed by atoms with Gasteiger partial charge in [0.15, 0.2) is 0 Å². The Bertz CT molecular complexity index is 372. The van der Waals surface area contributed by atoms with Crippen LogP contribution in [0.2, 0.25) is 0 Å². The molecular weight excluding hydrogens is 202 g/mol. The summed E-state index contributed by atoms with van der Waals surface area (Å²) < 4.78 is 5.66. The maximum atomic E-state index is 8.81. The zero-order chi connectivity index (χ0) is 12.0. The summed E-state index contributed by atoms with van der Waals surface area (Å²) in [4.78, 5) is 0. The van der Waals surface area contributed by atoms with Gasteiger partial charge in [-0.2, -0.15) is 0 Å². The van der Waals surface area contributed by atoms with Crippen molar-refractivity contribution in [3.05, 3.63) is 29.3 Å². The van der Waals surface area contributed by atoms with Crippen LogP contribution >= 0.6 is 0 Å². The lowest BCUT2D eigenvalue weighted by atomic mass is 10.1. The minimum absolute atomic E-state index is 0.579. The van der Waals surface area contributed by atoms with Crippen molar-refractivity contribution < 1.29 is 9.94 Å². The van der Waals surface area contributed by atoms with Crippen molar-refractivity contribution in [2.24, 2.45) is 5.16 Å². The molecule has 0 saturated heterocycles. The molecule has 1 N–H and O–H groups in total. The van der Waals surface area contributed by atoms with Gasteiger partial charge in [-0.15, -0.1) is 0 Å². The third kappa shape index (κ3) is 3.26. The highest BCUT2D eigenvalue weighted by atomic mass is 16.5. The van der Waals surface area contributed by atoms with Gasteiger partial charge in [-0.3, -0.25) is 0 Å². The van der Waals surface area contributed by atoms with Crippen LogP contribution in [-0.4, -0.2) is 17.5 Å². The van der Waals surface area contributed by atoms with Crippen LogP contribution in [0.1, 0.15) is 37.8 Å². The number of unbranched alkanes of at least 4 members (excludes halogenated alkanes) is 1. The SMILES string of the molecule is CCCCOc1ccc(C)cc1/C(C)=N/O. The van der Waals surface area contributed by atoms with Crippen LogP contribution in [0.4, 0.5) is 0 Å². The van der Waals surface area contributed by atoms with E-state index in [-0.39, 0.29) is 0 Å². The fourth-order valence-corrected chi connectivity index (χ4v) is 1.43. The van der Waals surface area contributed by atoms with Crippen LogP contribution in [0, 0.1) is 6.92 Å². The van der Waals surface area contributed by atoms with Gasteiger partial charge in [0.25, 0.3) is 0 Å². The molecule has 0 atom stereocenters.